The average molecular weight is 472 g/mol. The average Bonchev–Trinajstić information content (AvgIpc) is 2.98. The van der Waals surface area contributed by atoms with Crippen molar-refractivity contribution in [3.8, 4) is 21.8 Å². The second-order valence-corrected chi connectivity index (χ2v) is 8.32. The molecule has 1 aromatic heterocycles. The zero-order chi connectivity index (χ0) is 18.3. The van der Waals surface area contributed by atoms with Gasteiger partial charge in [0.1, 0.15) is 5.01 Å². The molecule has 0 radical (unpaired) electrons. The number of rotatable bonds is 3. The maximum absolute atomic E-state index is 11.5. The molecule has 1 heterocycles. The first kappa shape index (κ1) is 19.2. The van der Waals surface area contributed by atoms with Gasteiger partial charge in [0, 0.05) is 11.1 Å². The lowest BCUT2D eigenvalue weighted by Crippen LogP contribution is -1.87. The van der Waals surface area contributed by atoms with Gasteiger partial charge in [0.05, 0.1) is 40.7 Å². The van der Waals surface area contributed by atoms with Gasteiger partial charge in [-0.3, -0.25) is 4.79 Å². The van der Waals surface area contributed by atoms with E-state index in [2.05, 4.69) is 4.98 Å². The fourth-order valence-electron chi connectivity index (χ4n) is 2.11. The largest absolute Gasteiger partial charge is 0.297 e. The molecule has 3 rings (SSSR count). The molecule has 0 aliphatic rings. The zero-order valence-corrected chi connectivity index (χ0v) is 17.3. The smallest absolute Gasteiger partial charge is 0.162 e. The quantitative estimate of drug-likeness (QED) is 0.284. The summed E-state index contributed by atoms with van der Waals surface area (Å²) in [5, 5.41) is 2.48. The molecule has 0 atom stereocenters. The van der Waals surface area contributed by atoms with Gasteiger partial charge in [0.15, 0.2) is 6.29 Å². The van der Waals surface area contributed by atoms with Crippen LogP contribution in [0.5, 0.6) is 0 Å². The standard InChI is InChI=1S/C16H5Cl6NOS/c17-8-3-12(21)10(19)1-6(8)15-14(5-24)25-16(23-15)7-2-11(20)13(22)4-9(7)18/h1-5H. The highest BCUT2D eigenvalue weighted by Gasteiger charge is 2.20. The van der Waals surface area contributed by atoms with Crippen molar-refractivity contribution in [3.63, 3.8) is 0 Å². The lowest BCUT2D eigenvalue weighted by Gasteiger charge is -2.05. The Morgan fingerprint density at radius 1 is 0.720 bits per heavy atom. The molecule has 0 unspecified atom stereocenters. The predicted molar refractivity (Wildman–Crippen MR) is 108 cm³/mol. The third-order valence-corrected chi connectivity index (χ3v) is 6.35. The summed E-state index contributed by atoms with van der Waals surface area (Å²) in [6.45, 7) is 0. The van der Waals surface area contributed by atoms with Crippen molar-refractivity contribution in [2.75, 3.05) is 0 Å². The Bertz CT molecular complexity index is 1000. The van der Waals surface area contributed by atoms with Crippen LogP contribution in [0.15, 0.2) is 24.3 Å². The van der Waals surface area contributed by atoms with E-state index in [1.165, 1.54) is 12.1 Å². The fraction of sp³-hybridized carbons (Fsp3) is 0. The molecule has 9 heteroatoms. The van der Waals surface area contributed by atoms with Crippen LogP contribution in [-0.2, 0) is 0 Å². The van der Waals surface area contributed by atoms with E-state index in [0.29, 0.717) is 63.1 Å². The van der Waals surface area contributed by atoms with E-state index >= 15 is 0 Å². The Hall–Kier alpha value is -0.520. The SMILES string of the molecule is O=Cc1sc(-c2cc(Cl)c(Cl)cc2Cl)nc1-c1cc(Cl)c(Cl)cc1Cl. The second kappa shape index (κ2) is 7.61. The highest BCUT2D eigenvalue weighted by molar-refractivity contribution is 7.17. The Kier molecular flexibility index (Phi) is 5.86. The van der Waals surface area contributed by atoms with Crippen molar-refractivity contribution in [2.24, 2.45) is 0 Å². The van der Waals surface area contributed by atoms with Crippen LogP contribution in [0.4, 0.5) is 0 Å². The summed E-state index contributed by atoms with van der Waals surface area (Å²) in [7, 11) is 0. The third-order valence-electron chi connectivity index (χ3n) is 3.27. The minimum absolute atomic E-state index is 0.306. The summed E-state index contributed by atoms with van der Waals surface area (Å²) >= 11 is 37.7. The zero-order valence-electron chi connectivity index (χ0n) is 11.9. The Balaban J connectivity index is 2.21. The van der Waals surface area contributed by atoms with Crippen molar-refractivity contribution < 1.29 is 4.79 Å². The number of aldehydes is 1. The number of carbonyl (C=O) groups is 1. The van der Waals surface area contributed by atoms with Crippen molar-refractivity contribution in [2.45, 2.75) is 0 Å². The summed E-state index contributed by atoms with van der Waals surface area (Å²) in [5.74, 6) is 0. The van der Waals surface area contributed by atoms with Gasteiger partial charge in [0.2, 0.25) is 0 Å². The summed E-state index contributed by atoms with van der Waals surface area (Å²) < 4.78 is 0. The maximum atomic E-state index is 11.5. The van der Waals surface area contributed by atoms with Crippen LogP contribution in [-0.4, -0.2) is 11.3 Å². The Morgan fingerprint density at radius 3 is 1.76 bits per heavy atom. The van der Waals surface area contributed by atoms with Gasteiger partial charge in [-0.25, -0.2) is 4.98 Å². The number of hydrogen-bond acceptors (Lipinski definition) is 3. The van der Waals surface area contributed by atoms with Gasteiger partial charge < -0.3 is 0 Å². The molecule has 2 nitrogen and oxygen atoms in total. The molecule has 0 N–H and O–H groups in total. The first-order valence-electron chi connectivity index (χ1n) is 6.57. The Morgan fingerprint density at radius 2 is 1.20 bits per heavy atom. The number of benzene rings is 2. The van der Waals surface area contributed by atoms with E-state index in [0.717, 1.165) is 11.3 Å². The topological polar surface area (TPSA) is 30.0 Å². The molecule has 0 aliphatic carbocycles. The maximum Gasteiger partial charge on any atom is 0.162 e. The number of aromatic nitrogens is 1. The van der Waals surface area contributed by atoms with Gasteiger partial charge >= 0.3 is 0 Å². The number of hydrogen-bond donors (Lipinski definition) is 0. The molecule has 0 amide bonds. The highest BCUT2D eigenvalue weighted by atomic mass is 35.5. The normalized spacial score (nSPS) is 11.0. The van der Waals surface area contributed by atoms with Crippen LogP contribution < -0.4 is 0 Å². The number of nitrogens with zero attached hydrogens (tertiary/aromatic N) is 1. The third kappa shape index (κ3) is 3.79. The van der Waals surface area contributed by atoms with Gasteiger partial charge in [-0.2, -0.15) is 0 Å². The van der Waals surface area contributed by atoms with Crippen LogP contribution in [0.25, 0.3) is 21.8 Å². The summed E-state index contributed by atoms with van der Waals surface area (Å²) in [6.07, 6.45) is 0.695. The van der Waals surface area contributed by atoms with Crippen molar-refractivity contribution in [3.05, 3.63) is 59.3 Å². The first-order chi connectivity index (χ1) is 11.8. The van der Waals surface area contributed by atoms with E-state index < -0.39 is 0 Å². The van der Waals surface area contributed by atoms with Crippen molar-refractivity contribution in [1.82, 2.24) is 4.98 Å². The predicted octanol–water partition coefficient (Wildman–Crippen LogP) is 8.21. The van der Waals surface area contributed by atoms with Crippen LogP contribution >= 0.6 is 80.9 Å². The summed E-state index contributed by atoms with van der Waals surface area (Å²) in [6, 6.07) is 6.18. The molecule has 0 fully saturated rings. The molecule has 25 heavy (non-hydrogen) atoms. The molecule has 2 aromatic carbocycles. The second-order valence-electron chi connectivity index (χ2n) is 4.84. The lowest BCUT2D eigenvalue weighted by atomic mass is 10.1. The van der Waals surface area contributed by atoms with Crippen molar-refractivity contribution >= 4 is 87.2 Å². The van der Waals surface area contributed by atoms with E-state index in [4.69, 9.17) is 69.6 Å². The van der Waals surface area contributed by atoms with Crippen LogP contribution in [0.1, 0.15) is 9.67 Å². The molecular weight excluding hydrogens is 467 g/mol. The number of halogens is 6. The monoisotopic (exact) mass is 469 g/mol. The van der Waals surface area contributed by atoms with Gasteiger partial charge in [-0.05, 0) is 24.3 Å². The van der Waals surface area contributed by atoms with E-state index in [1.807, 2.05) is 0 Å². The van der Waals surface area contributed by atoms with E-state index in [1.54, 1.807) is 12.1 Å². The molecule has 0 saturated heterocycles. The minimum Gasteiger partial charge on any atom is -0.297 e. The lowest BCUT2D eigenvalue weighted by molar-refractivity contribution is 0.112. The fourth-order valence-corrected chi connectivity index (χ4v) is 4.36. The van der Waals surface area contributed by atoms with Gasteiger partial charge in [-0.1, -0.05) is 69.6 Å². The van der Waals surface area contributed by atoms with E-state index in [9.17, 15) is 4.79 Å². The molecule has 128 valence electrons. The summed E-state index contributed by atoms with van der Waals surface area (Å²) in [4.78, 5) is 16.4. The molecule has 0 bridgehead atoms. The van der Waals surface area contributed by atoms with Crippen LogP contribution in [0.3, 0.4) is 0 Å². The summed E-state index contributed by atoms with van der Waals surface area (Å²) in [5.41, 5.74) is 1.45. The molecular formula is C16H5Cl6NOS. The van der Waals surface area contributed by atoms with Gasteiger partial charge in [-0.15, -0.1) is 11.3 Å². The van der Waals surface area contributed by atoms with Gasteiger partial charge in [0.25, 0.3) is 0 Å². The van der Waals surface area contributed by atoms with E-state index in [-0.39, 0.29) is 0 Å². The Labute approximate surface area is 177 Å². The van der Waals surface area contributed by atoms with Crippen LogP contribution in [0.2, 0.25) is 30.1 Å². The molecule has 0 aliphatic heterocycles. The highest BCUT2D eigenvalue weighted by Crippen LogP contribution is 2.42. The first-order valence-corrected chi connectivity index (χ1v) is 9.66. The number of carbonyl (C=O) groups excluding carboxylic acids is 1. The van der Waals surface area contributed by atoms with Crippen molar-refractivity contribution in [1.29, 1.82) is 0 Å². The minimum atomic E-state index is 0.306. The number of thiazole rings is 1. The van der Waals surface area contributed by atoms with Crippen LogP contribution in [0, 0.1) is 0 Å². The molecule has 0 spiro atoms. The molecule has 3 aromatic rings. The molecule has 0 saturated carbocycles.